The van der Waals surface area contributed by atoms with Gasteiger partial charge in [-0.1, -0.05) is 69.6 Å². The number of benzene rings is 1. The maximum absolute atomic E-state index is 11.2. The van der Waals surface area contributed by atoms with Crippen LogP contribution in [0.2, 0.25) is 15.1 Å². The molecule has 0 aliphatic carbocycles. The van der Waals surface area contributed by atoms with Gasteiger partial charge in [0.05, 0.1) is 15.1 Å². The topological polar surface area (TPSA) is 74.6 Å². The lowest BCUT2D eigenvalue weighted by Gasteiger charge is -2.09. The molecule has 0 radical (unpaired) electrons. The summed E-state index contributed by atoms with van der Waals surface area (Å²) >= 11 is 34.5. The van der Waals surface area contributed by atoms with Crippen molar-refractivity contribution in [1.82, 2.24) is 0 Å². The molecule has 1 aromatic carbocycles. The van der Waals surface area contributed by atoms with Gasteiger partial charge in [0, 0.05) is 10.6 Å². The normalized spacial score (nSPS) is 13.4. The predicted octanol–water partition coefficient (Wildman–Crippen LogP) is 5.46. The Balaban J connectivity index is 3.50. The number of rotatable bonds is 4. The molecule has 2 N–H and O–H groups in total. The molecule has 0 unspecified atom stereocenters. The van der Waals surface area contributed by atoms with Crippen molar-refractivity contribution in [2.45, 2.75) is 0 Å². The van der Waals surface area contributed by atoms with Gasteiger partial charge in [-0.3, -0.25) is 4.79 Å². The second-order valence-electron chi connectivity index (χ2n) is 3.67. The Labute approximate surface area is 154 Å². The second-order valence-corrected chi connectivity index (χ2v) is 6.03. The van der Waals surface area contributed by atoms with Crippen molar-refractivity contribution in [3.63, 3.8) is 0 Å². The van der Waals surface area contributed by atoms with Crippen molar-refractivity contribution in [2.75, 3.05) is 0 Å². The summed E-state index contributed by atoms with van der Waals surface area (Å²) in [5.41, 5.74) is -0.0745. The highest BCUT2D eigenvalue weighted by Crippen LogP contribution is 2.38. The van der Waals surface area contributed by atoms with Gasteiger partial charge in [-0.05, 0) is 12.1 Å². The van der Waals surface area contributed by atoms with Crippen LogP contribution in [0.3, 0.4) is 0 Å². The van der Waals surface area contributed by atoms with Gasteiger partial charge in [-0.25, -0.2) is 4.79 Å². The molecule has 0 fully saturated rings. The summed E-state index contributed by atoms with van der Waals surface area (Å²) in [6, 6.07) is 2.57. The number of carbonyl (C=O) groups excluding carboxylic acids is 1. The number of carboxylic acid groups (broad SMARTS) is 1. The van der Waals surface area contributed by atoms with Crippen LogP contribution in [-0.4, -0.2) is 22.0 Å². The maximum Gasteiger partial charge on any atom is 0.378 e. The Morgan fingerprint density at radius 2 is 1.41 bits per heavy atom. The monoisotopic (exact) mass is 422 g/mol. The number of aliphatic hydroxyl groups excluding tert-OH is 1. The van der Waals surface area contributed by atoms with Gasteiger partial charge in [-0.15, -0.1) is 0 Å². The Morgan fingerprint density at radius 1 is 0.864 bits per heavy atom. The molecule has 0 saturated heterocycles. The van der Waals surface area contributed by atoms with Crippen molar-refractivity contribution in [3.05, 3.63) is 47.9 Å². The zero-order valence-electron chi connectivity index (χ0n) is 10.1. The first-order valence-electron chi connectivity index (χ1n) is 5.14. The molecule has 0 bridgehead atoms. The quantitative estimate of drug-likeness (QED) is 0.221. The lowest BCUT2D eigenvalue weighted by Crippen LogP contribution is -2.13. The number of hydrogen-bond donors (Lipinski definition) is 2. The average Bonchev–Trinajstić information content (AvgIpc) is 2.46. The Morgan fingerprint density at radius 3 is 1.91 bits per heavy atom. The fourth-order valence-corrected chi connectivity index (χ4v) is 2.53. The minimum absolute atomic E-state index is 0.0352. The van der Waals surface area contributed by atoms with Crippen molar-refractivity contribution in [2.24, 2.45) is 0 Å². The number of allylic oxidation sites excluding steroid dienone is 2. The molecule has 0 aliphatic rings. The largest absolute Gasteiger partial charge is 0.506 e. The van der Waals surface area contributed by atoms with Gasteiger partial charge in [0.25, 0.3) is 5.78 Å². The zero-order valence-corrected chi connectivity index (χ0v) is 14.7. The van der Waals surface area contributed by atoms with E-state index in [-0.39, 0.29) is 20.6 Å². The summed E-state index contributed by atoms with van der Waals surface area (Å²) in [7, 11) is 0. The third-order valence-corrected chi connectivity index (χ3v) is 4.56. The number of halogens is 6. The van der Waals surface area contributed by atoms with Crippen LogP contribution in [0.25, 0.3) is 5.76 Å². The molecule has 0 spiro atoms. The van der Waals surface area contributed by atoms with E-state index < -0.39 is 32.6 Å². The summed E-state index contributed by atoms with van der Waals surface area (Å²) < 4.78 is 0. The third kappa shape index (κ3) is 4.22. The Hall–Kier alpha value is -0.620. The molecule has 22 heavy (non-hydrogen) atoms. The van der Waals surface area contributed by atoms with E-state index in [2.05, 4.69) is 0 Å². The highest BCUT2D eigenvalue weighted by molar-refractivity contribution is 6.61. The van der Waals surface area contributed by atoms with Crippen molar-refractivity contribution in [1.29, 1.82) is 0 Å². The van der Waals surface area contributed by atoms with Crippen LogP contribution in [0, 0.1) is 0 Å². The summed E-state index contributed by atoms with van der Waals surface area (Å²) in [6.07, 6.45) is 0. The Kier molecular flexibility index (Phi) is 6.86. The van der Waals surface area contributed by atoms with Gasteiger partial charge >= 0.3 is 5.97 Å². The summed E-state index contributed by atoms with van der Waals surface area (Å²) in [5, 5.41) is 16.6. The third-order valence-electron chi connectivity index (χ3n) is 2.24. The summed E-state index contributed by atoms with van der Waals surface area (Å²) in [5.74, 6) is -4.01. The van der Waals surface area contributed by atoms with Crippen LogP contribution in [-0.2, 0) is 9.59 Å². The molecule has 0 aromatic heterocycles. The van der Waals surface area contributed by atoms with Crippen LogP contribution in [0.1, 0.15) is 5.56 Å². The lowest BCUT2D eigenvalue weighted by molar-refractivity contribution is -0.146. The van der Waals surface area contributed by atoms with E-state index in [1.54, 1.807) is 0 Å². The fourth-order valence-electron chi connectivity index (χ4n) is 1.24. The molecule has 0 aliphatic heterocycles. The molecule has 118 valence electrons. The molecule has 0 heterocycles. The number of carbonyl (C=O) groups is 2. The highest BCUT2D eigenvalue weighted by atomic mass is 35.5. The minimum atomic E-state index is -1.84. The van der Waals surface area contributed by atoms with E-state index in [1.807, 2.05) is 0 Å². The van der Waals surface area contributed by atoms with E-state index in [1.165, 1.54) is 12.1 Å². The highest BCUT2D eigenvalue weighted by Gasteiger charge is 2.23. The van der Waals surface area contributed by atoms with E-state index in [4.69, 9.17) is 74.7 Å². The van der Waals surface area contributed by atoms with Gasteiger partial charge in [-0.2, -0.15) is 0 Å². The SMILES string of the molecule is O=C(O)C(=O)/C(Cl)=C(Cl)/C(Cl)=C(\O)c1cc(Cl)cc(Cl)c1Cl. The van der Waals surface area contributed by atoms with E-state index in [0.29, 0.717) is 0 Å². The fraction of sp³-hybridized carbons (Fsp3) is 0. The van der Waals surface area contributed by atoms with Gasteiger partial charge in [0.15, 0.2) is 0 Å². The van der Waals surface area contributed by atoms with Crippen LogP contribution in [0.4, 0.5) is 0 Å². The average molecular weight is 425 g/mol. The first-order chi connectivity index (χ1) is 10.1. The van der Waals surface area contributed by atoms with Crippen LogP contribution in [0.15, 0.2) is 27.2 Å². The molecule has 4 nitrogen and oxygen atoms in total. The molecular formula is C12H4Cl6O4. The summed E-state index contributed by atoms with van der Waals surface area (Å²) in [4.78, 5) is 21.8. The number of carboxylic acids is 1. The van der Waals surface area contributed by atoms with E-state index in [0.717, 1.165) is 0 Å². The second kappa shape index (κ2) is 7.77. The molecular weight excluding hydrogens is 421 g/mol. The van der Waals surface area contributed by atoms with Gasteiger partial charge in [0.1, 0.15) is 15.8 Å². The van der Waals surface area contributed by atoms with Crippen molar-refractivity contribution in [3.8, 4) is 0 Å². The maximum atomic E-state index is 11.2. The number of ketones is 1. The Bertz CT molecular complexity index is 723. The van der Waals surface area contributed by atoms with Crippen molar-refractivity contribution >= 4 is 87.1 Å². The molecule has 0 amide bonds. The van der Waals surface area contributed by atoms with E-state index in [9.17, 15) is 14.7 Å². The first-order valence-corrected chi connectivity index (χ1v) is 7.41. The summed E-state index contributed by atoms with van der Waals surface area (Å²) in [6.45, 7) is 0. The van der Waals surface area contributed by atoms with Crippen molar-refractivity contribution < 1.29 is 19.8 Å². The van der Waals surface area contributed by atoms with E-state index >= 15 is 0 Å². The lowest BCUT2D eigenvalue weighted by atomic mass is 10.1. The minimum Gasteiger partial charge on any atom is -0.506 e. The number of hydrogen-bond acceptors (Lipinski definition) is 3. The standard InChI is InChI=1S/C12H4Cl6O4/c13-3-1-4(6(15)5(14)2-3)10(19)8(17)7(16)9(18)11(20)12(21)22/h1-2,19H,(H,21,22)/b9-7+,10-8+. The van der Waals surface area contributed by atoms with Gasteiger partial charge in [0.2, 0.25) is 0 Å². The molecule has 0 atom stereocenters. The smallest absolute Gasteiger partial charge is 0.378 e. The number of aliphatic carboxylic acids is 1. The molecule has 10 heteroatoms. The van der Waals surface area contributed by atoms with Crippen LogP contribution >= 0.6 is 69.6 Å². The first kappa shape index (κ1) is 19.4. The molecule has 1 rings (SSSR count). The molecule has 1 aromatic rings. The molecule has 0 saturated carbocycles. The van der Waals surface area contributed by atoms with Crippen LogP contribution in [0.5, 0.6) is 0 Å². The zero-order chi connectivity index (χ0) is 17.2. The van der Waals surface area contributed by atoms with Gasteiger partial charge < -0.3 is 10.2 Å². The predicted molar refractivity (Wildman–Crippen MR) is 88.2 cm³/mol. The number of aliphatic hydroxyl groups is 1. The van der Waals surface area contributed by atoms with Crippen LogP contribution < -0.4 is 0 Å². The number of Topliss-reactive ketones (excluding diaryl/α,β-unsaturated/α-hetero) is 1.